The van der Waals surface area contributed by atoms with Crippen molar-refractivity contribution in [2.45, 2.75) is 33.7 Å². The van der Waals surface area contributed by atoms with Gasteiger partial charge in [-0.1, -0.05) is 20.8 Å². The molecular formula is C12H21N3. The molecule has 1 aliphatic rings. The SMILES string of the molecule is CC(C)Cn1ccnc1NCC1CC1C. The Morgan fingerprint density at radius 2 is 2.33 bits per heavy atom. The highest BCUT2D eigenvalue weighted by Gasteiger charge is 2.32. The summed E-state index contributed by atoms with van der Waals surface area (Å²) in [7, 11) is 0. The van der Waals surface area contributed by atoms with Crippen LogP contribution < -0.4 is 5.32 Å². The molecule has 2 atom stereocenters. The molecule has 0 aliphatic heterocycles. The van der Waals surface area contributed by atoms with Crippen LogP contribution in [0.2, 0.25) is 0 Å². The van der Waals surface area contributed by atoms with Gasteiger partial charge >= 0.3 is 0 Å². The lowest BCUT2D eigenvalue weighted by Gasteiger charge is -2.11. The summed E-state index contributed by atoms with van der Waals surface area (Å²) >= 11 is 0. The van der Waals surface area contributed by atoms with Gasteiger partial charge in [0.05, 0.1) is 0 Å². The number of aromatic nitrogens is 2. The van der Waals surface area contributed by atoms with Crippen molar-refractivity contribution in [3.63, 3.8) is 0 Å². The summed E-state index contributed by atoms with van der Waals surface area (Å²) < 4.78 is 2.21. The fourth-order valence-electron chi connectivity index (χ4n) is 1.92. The van der Waals surface area contributed by atoms with E-state index in [0.717, 1.165) is 30.9 Å². The molecule has 1 N–H and O–H groups in total. The van der Waals surface area contributed by atoms with E-state index in [-0.39, 0.29) is 0 Å². The Balaban J connectivity index is 1.87. The van der Waals surface area contributed by atoms with Crippen LogP contribution in [-0.4, -0.2) is 16.1 Å². The summed E-state index contributed by atoms with van der Waals surface area (Å²) in [6.07, 6.45) is 5.30. The van der Waals surface area contributed by atoms with Crippen molar-refractivity contribution < 1.29 is 0 Å². The van der Waals surface area contributed by atoms with E-state index in [0.29, 0.717) is 5.92 Å². The van der Waals surface area contributed by atoms with Crippen LogP contribution in [0.1, 0.15) is 27.2 Å². The molecule has 1 fully saturated rings. The first-order chi connectivity index (χ1) is 7.16. The standard InChI is InChI=1S/C12H21N3/c1-9(2)8-15-5-4-13-12(15)14-7-11-6-10(11)3/h4-5,9-11H,6-8H2,1-3H3,(H,13,14). The molecule has 1 aromatic heterocycles. The van der Waals surface area contributed by atoms with Crippen molar-refractivity contribution in [1.82, 2.24) is 9.55 Å². The maximum atomic E-state index is 4.35. The zero-order valence-electron chi connectivity index (χ0n) is 9.90. The van der Waals surface area contributed by atoms with Crippen LogP contribution in [0.5, 0.6) is 0 Å². The molecule has 0 amide bonds. The molecule has 84 valence electrons. The highest BCUT2D eigenvalue weighted by Crippen LogP contribution is 2.37. The maximum Gasteiger partial charge on any atom is 0.202 e. The Morgan fingerprint density at radius 3 is 2.93 bits per heavy atom. The first-order valence-corrected chi connectivity index (χ1v) is 5.92. The molecular weight excluding hydrogens is 186 g/mol. The number of rotatable bonds is 5. The number of hydrogen-bond acceptors (Lipinski definition) is 2. The molecule has 1 aliphatic carbocycles. The average Bonchev–Trinajstić information content (AvgIpc) is 2.69. The molecule has 0 spiro atoms. The van der Waals surface area contributed by atoms with Crippen LogP contribution in [0.4, 0.5) is 5.95 Å². The zero-order valence-corrected chi connectivity index (χ0v) is 9.90. The van der Waals surface area contributed by atoms with E-state index < -0.39 is 0 Å². The van der Waals surface area contributed by atoms with Gasteiger partial charge in [-0.2, -0.15) is 0 Å². The number of nitrogens with one attached hydrogen (secondary N) is 1. The third kappa shape index (κ3) is 2.74. The fraction of sp³-hybridized carbons (Fsp3) is 0.750. The van der Waals surface area contributed by atoms with E-state index in [1.165, 1.54) is 6.42 Å². The number of anilines is 1. The van der Waals surface area contributed by atoms with Gasteiger partial charge in [-0.25, -0.2) is 4.98 Å². The van der Waals surface area contributed by atoms with Gasteiger partial charge in [0.1, 0.15) is 0 Å². The lowest BCUT2D eigenvalue weighted by molar-refractivity contribution is 0.525. The van der Waals surface area contributed by atoms with E-state index in [4.69, 9.17) is 0 Å². The monoisotopic (exact) mass is 207 g/mol. The van der Waals surface area contributed by atoms with Crippen molar-refractivity contribution in [3.05, 3.63) is 12.4 Å². The minimum absolute atomic E-state index is 0.666. The predicted octanol–water partition coefficient (Wildman–Crippen LogP) is 2.61. The second kappa shape index (κ2) is 4.25. The summed E-state index contributed by atoms with van der Waals surface area (Å²) in [5.41, 5.74) is 0. The summed E-state index contributed by atoms with van der Waals surface area (Å²) in [6, 6.07) is 0. The Labute approximate surface area is 91.9 Å². The fourth-order valence-corrected chi connectivity index (χ4v) is 1.92. The third-order valence-electron chi connectivity index (χ3n) is 3.08. The molecule has 3 heteroatoms. The minimum atomic E-state index is 0.666. The molecule has 2 rings (SSSR count). The van der Waals surface area contributed by atoms with Gasteiger partial charge in [0.2, 0.25) is 5.95 Å². The van der Waals surface area contributed by atoms with Crippen LogP contribution in [-0.2, 0) is 6.54 Å². The quantitative estimate of drug-likeness (QED) is 0.804. The third-order valence-corrected chi connectivity index (χ3v) is 3.08. The van der Waals surface area contributed by atoms with E-state index in [1.807, 2.05) is 6.20 Å². The minimum Gasteiger partial charge on any atom is -0.355 e. The molecule has 1 heterocycles. The summed E-state index contributed by atoms with van der Waals surface area (Å²) in [5.74, 6) is 3.47. The Morgan fingerprint density at radius 1 is 1.60 bits per heavy atom. The molecule has 2 unspecified atom stereocenters. The van der Waals surface area contributed by atoms with Crippen molar-refractivity contribution in [1.29, 1.82) is 0 Å². The lowest BCUT2D eigenvalue weighted by Crippen LogP contribution is -2.12. The van der Waals surface area contributed by atoms with Crippen molar-refractivity contribution in [2.75, 3.05) is 11.9 Å². The first-order valence-electron chi connectivity index (χ1n) is 5.92. The molecule has 0 radical (unpaired) electrons. The number of imidazole rings is 1. The van der Waals surface area contributed by atoms with Crippen LogP contribution in [0.15, 0.2) is 12.4 Å². The summed E-state index contributed by atoms with van der Waals surface area (Å²) in [6.45, 7) is 8.89. The molecule has 0 aromatic carbocycles. The predicted molar refractivity (Wildman–Crippen MR) is 62.8 cm³/mol. The van der Waals surface area contributed by atoms with Crippen molar-refractivity contribution in [2.24, 2.45) is 17.8 Å². The van der Waals surface area contributed by atoms with Crippen molar-refractivity contribution in [3.8, 4) is 0 Å². The van der Waals surface area contributed by atoms with Gasteiger partial charge < -0.3 is 9.88 Å². The van der Waals surface area contributed by atoms with Gasteiger partial charge in [0, 0.05) is 25.5 Å². The molecule has 15 heavy (non-hydrogen) atoms. The lowest BCUT2D eigenvalue weighted by atomic mass is 10.2. The normalized spacial score (nSPS) is 24.5. The summed E-state index contributed by atoms with van der Waals surface area (Å²) in [4.78, 5) is 4.35. The average molecular weight is 207 g/mol. The van der Waals surface area contributed by atoms with E-state index in [2.05, 4.69) is 41.8 Å². The molecule has 0 saturated heterocycles. The van der Waals surface area contributed by atoms with Gasteiger partial charge in [-0.3, -0.25) is 0 Å². The van der Waals surface area contributed by atoms with Gasteiger partial charge in [-0.05, 0) is 24.2 Å². The molecule has 0 bridgehead atoms. The molecule has 1 saturated carbocycles. The van der Waals surface area contributed by atoms with Crippen molar-refractivity contribution >= 4 is 5.95 Å². The second-order valence-electron chi connectivity index (χ2n) is 5.15. The van der Waals surface area contributed by atoms with E-state index >= 15 is 0 Å². The smallest absolute Gasteiger partial charge is 0.202 e. The first kappa shape index (κ1) is 10.5. The van der Waals surface area contributed by atoms with Crippen LogP contribution >= 0.6 is 0 Å². The molecule has 3 nitrogen and oxygen atoms in total. The number of hydrogen-bond donors (Lipinski definition) is 1. The van der Waals surface area contributed by atoms with Gasteiger partial charge in [0.25, 0.3) is 0 Å². The highest BCUT2D eigenvalue weighted by atomic mass is 15.2. The topological polar surface area (TPSA) is 29.9 Å². The Hall–Kier alpha value is -0.990. The largest absolute Gasteiger partial charge is 0.355 e. The highest BCUT2D eigenvalue weighted by molar-refractivity contribution is 5.26. The zero-order chi connectivity index (χ0) is 10.8. The summed E-state index contributed by atoms with van der Waals surface area (Å²) in [5, 5.41) is 3.44. The Kier molecular flexibility index (Phi) is 2.98. The Bertz CT molecular complexity index is 316. The van der Waals surface area contributed by atoms with E-state index in [1.54, 1.807) is 0 Å². The van der Waals surface area contributed by atoms with E-state index in [9.17, 15) is 0 Å². The maximum absolute atomic E-state index is 4.35. The second-order valence-corrected chi connectivity index (χ2v) is 5.15. The molecule has 1 aromatic rings. The number of nitrogens with zero attached hydrogens (tertiary/aromatic N) is 2. The van der Waals surface area contributed by atoms with Crippen LogP contribution in [0.25, 0.3) is 0 Å². The van der Waals surface area contributed by atoms with Crippen LogP contribution in [0, 0.1) is 17.8 Å². The van der Waals surface area contributed by atoms with Crippen LogP contribution in [0.3, 0.4) is 0 Å². The van der Waals surface area contributed by atoms with Gasteiger partial charge in [0.15, 0.2) is 0 Å². The van der Waals surface area contributed by atoms with Gasteiger partial charge in [-0.15, -0.1) is 0 Å².